The molecule has 0 aliphatic heterocycles. The van der Waals surface area contributed by atoms with Crippen molar-refractivity contribution < 1.29 is 98.6 Å². The minimum atomic E-state index is -0.960. The van der Waals surface area contributed by atoms with Gasteiger partial charge in [-0.2, -0.15) is 0 Å². The smallest absolute Gasteiger partial charge is 0.446 e. The van der Waals surface area contributed by atoms with Gasteiger partial charge < -0.3 is 36.6 Å². The lowest BCUT2D eigenvalue weighted by Crippen LogP contribution is -2.33. The molecular formula is C61H55Br4F4IN20O20. The maximum atomic E-state index is 13.5. The fourth-order valence-corrected chi connectivity index (χ4v) is 10.5. The van der Waals surface area contributed by atoms with E-state index in [1.807, 2.05) is 5.48 Å². The minimum Gasteiger partial charge on any atom is -0.459 e. The molecule has 110 heavy (non-hydrogen) atoms. The van der Waals surface area contributed by atoms with Gasteiger partial charge in [-0.05, 0) is 222 Å². The summed E-state index contributed by atoms with van der Waals surface area (Å²) in [5, 5.41) is 74.9. The molecule has 40 nitrogen and oxygen atoms in total. The lowest BCUT2D eigenvalue weighted by Gasteiger charge is -2.05. The predicted octanol–water partition coefficient (Wildman–Crippen LogP) is 4.70. The van der Waals surface area contributed by atoms with Crippen molar-refractivity contribution in [3.8, 4) is 51.6 Å². The Bertz CT molecular complexity index is 5250. The number of hydroxylamine groups is 1. The number of aromatic nitrogens is 14. The van der Waals surface area contributed by atoms with Crippen LogP contribution in [-0.2, 0) is 59.2 Å². The predicted molar refractivity (Wildman–Crippen MR) is 386 cm³/mol. The van der Waals surface area contributed by atoms with Crippen LogP contribution in [0.4, 0.5) is 23.2 Å². The van der Waals surface area contributed by atoms with E-state index in [-0.39, 0.29) is 133 Å². The summed E-state index contributed by atoms with van der Waals surface area (Å²) in [7, 11) is 0. The van der Waals surface area contributed by atoms with Crippen LogP contribution in [0.3, 0.4) is 0 Å². The lowest BCUT2D eigenvalue weighted by molar-refractivity contribution is -0.154. The molecule has 0 saturated carbocycles. The second kappa shape index (κ2) is 42.2. The van der Waals surface area contributed by atoms with Crippen LogP contribution < -0.4 is 44.4 Å². The van der Waals surface area contributed by atoms with Crippen LogP contribution in [0.1, 0.15) is 61.1 Å². The third-order valence-corrected chi connectivity index (χ3v) is 16.6. The van der Waals surface area contributed by atoms with Crippen molar-refractivity contribution in [3.05, 3.63) is 174 Å². The topological polar surface area (TPSA) is 559 Å². The monoisotopic (exact) mass is 1910 g/mol. The number of aliphatic hydroxyl groups is 2. The van der Waals surface area contributed by atoms with Gasteiger partial charge in [0.15, 0.2) is 28.6 Å². The summed E-state index contributed by atoms with van der Waals surface area (Å²) in [6.07, 6.45) is 3.16. The molecule has 0 saturated heterocycles. The lowest BCUT2D eigenvalue weighted by atomic mass is 10.2. The SMILES string of the molecule is CCOC(=O)C(=O)NCCCc1nonc1-c1noc(=O)n1-c1ccc(F)c(Br)c1.I.NCCCc1nonc1-c1noc(=O)n1-c1ccc(F)c(Br)c1.O=C(CO)C(=O)NCCCc1nonc1-c1noc(=O)n1-c1ccc(F)c(Br)c1.O=C(CO)C(=O)NCCCc1nonc1C(=Nc1ccc(F)c(Br)c1)NO. The summed E-state index contributed by atoms with van der Waals surface area (Å²) in [6.45, 7) is 0.900. The van der Waals surface area contributed by atoms with Gasteiger partial charge in [0.25, 0.3) is 11.8 Å². The summed E-state index contributed by atoms with van der Waals surface area (Å²) in [5.74, 6) is -9.63. The molecule has 0 bridgehead atoms. The Morgan fingerprint density at radius 3 is 1.19 bits per heavy atom. The number of carbonyl (C=O) groups excluding carboxylic acids is 6. The number of nitrogens with two attached hydrogens (primary N) is 1. The number of carbonyl (C=O) groups is 6. The van der Waals surface area contributed by atoms with Crippen molar-refractivity contribution in [2.24, 2.45) is 10.7 Å². The molecule has 3 amide bonds. The number of halogens is 9. The first-order valence-electron chi connectivity index (χ1n) is 31.2. The number of benzene rings is 4. The van der Waals surface area contributed by atoms with Crippen LogP contribution in [0.2, 0.25) is 0 Å². The van der Waals surface area contributed by atoms with E-state index in [9.17, 15) is 65.9 Å². The van der Waals surface area contributed by atoms with E-state index in [4.69, 9.17) is 43.4 Å². The average molecular weight is 1910 g/mol. The van der Waals surface area contributed by atoms with Gasteiger partial charge in [-0.25, -0.2) is 73.9 Å². The highest BCUT2D eigenvalue weighted by atomic mass is 127. The molecule has 0 fully saturated rings. The summed E-state index contributed by atoms with van der Waals surface area (Å²) in [4.78, 5) is 108. The number of ether oxygens (including phenoxy) is 1. The van der Waals surface area contributed by atoms with Crippen molar-refractivity contribution in [2.75, 3.05) is 46.0 Å². The maximum Gasteiger partial charge on any atom is 0.446 e. The van der Waals surface area contributed by atoms with Gasteiger partial charge in [0, 0.05) is 19.6 Å². The number of hydrogen-bond acceptors (Lipinski definition) is 33. The van der Waals surface area contributed by atoms with Gasteiger partial charge in [0.2, 0.25) is 29.0 Å². The fourth-order valence-electron chi connectivity index (χ4n) is 8.99. The number of ketones is 2. The second-order valence-corrected chi connectivity index (χ2v) is 24.8. The largest absolute Gasteiger partial charge is 0.459 e. The number of aliphatic imine (C=N–C) groups is 1. The van der Waals surface area contributed by atoms with Crippen LogP contribution in [0, 0.1) is 23.3 Å². The first kappa shape index (κ1) is 86.4. The number of rotatable bonds is 28. The minimum absolute atomic E-state index is 0. The number of nitrogens with one attached hydrogen (secondary N) is 4. The molecule has 0 atom stereocenters. The Labute approximate surface area is 661 Å². The number of amides is 3. The van der Waals surface area contributed by atoms with E-state index >= 15 is 0 Å². The molecule has 11 aromatic rings. The van der Waals surface area contributed by atoms with E-state index in [0.717, 1.165) is 13.7 Å². The van der Waals surface area contributed by atoms with E-state index in [2.05, 4.69) is 151 Å². The van der Waals surface area contributed by atoms with Crippen LogP contribution in [0.15, 0.2) is 142 Å². The zero-order chi connectivity index (χ0) is 78.8. The Morgan fingerprint density at radius 2 is 0.836 bits per heavy atom. The van der Waals surface area contributed by atoms with Gasteiger partial charge in [-0.3, -0.25) is 48.2 Å². The highest BCUT2D eigenvalue weighted by molar-refractivity contribution is 14.0. The van der Waals surface area contributed by atoms with Gasteiger partial charge in [-0.15, -0.1) is 24.0 Å². The highest BCUT2D eigenvalue weighted by Gasteiger charge is 2.28. The molecule has 0 aliphatic rings. The first-order valence-corrected chi connectivity index (χ1v) is 34.4. The van der Waals surface area contributed by atoms with Crippen LogP contribution in [0.5, 0.6) is 0 Å². The molecule has 0 spiro atoms. The number of nitrogens with zero attached hydrogens (tertiary/aromatic N) is 15. The van der Waals surface area contributed by atoms with Crippen LogP contribution in [0.25, 0.3) is 51.6 Å². The number of amidine groups is 1. The molecule has 7 heterocycles. The van der Waals surface area contributed by atoms with Crippen molar-refractivity contribution in [2.45, 2.75) is 58.3 Å². The van der Waals surface area contributed by atoms with Gasteiger partial charge >= 0.3 is 29.1 Å². The molecule has 582 valence electrons. The Kier molecular flexibility index (Phi) is 33.2. The summed E-state index contributed by atoms with van der Waals surface area (Å²) in [5.41, 5.74) is 10.9. The summed E-state index contributed by atoms with van der Waals surface area (Å²) >= 11 is 12.2. The molecule has 9 N–H and O–H groups in total. The Hall–Kier alpha value is -10.8. The third-order valence-electron chi connectivity index (χ3n) is 14.1. The zero-order valence-electron chi connectivity index (χ0n) is 56.0. The van der Waals surface area contributed by atoms with E-state index < -0.39 is 89.0 Å². The molecule has 7 aromatic heterocycles. The van der Waals surface area contributed by atoms with Crippen LogP contribution in [-0.4, -0.2) is 173 Å². The standard InChI is InChI=1S/C17H15BrFN5O6.C16H13BrFN5O6.C15H15BrFN5O5.C13H11BrFN5O3.HI/c1-2-28-16(26)15(25)20-7-3-4-12-13(22-30-21-12)14-23-29-17(27)24(14)9-5-6-11(19)10(18)8-9;17-9-6-8(3-4-10(9)18)23-14(22-28-16(23)27)13-11(20-29-21-13)2-1-5-19-15(26)12(25)7-24;16-9-6-8(3-4-10(9)17)19-14(20-26)13-11(21-27-22-13)2-1-5-18-15(25)12(24)7-23;14-8-6-7(3-4-9(8)15)20-12(19-22-13(20)21)11-10(2-1-5-16)17-23-18-11;/h5-6,8H,2-4,7H2,1H3,(H,20,25);3-4,6,24H,1-2,5,7H2,(H,19,26);3-4,6,23,26H,1-2,5,7H2,(H,18,25)(H,19,20);3-4,6H,1-2,5,16H2;1H. The highest BCUT2D eigenvalue weighted by Crippen LogP contribution is 2.29. The zero-order valence-corrected chi connectivity index (χ0v) is 64.7. The normalized spacial score (nSPS) is 10.9. The van der Waals surface area contributed by atoms with Crippen molar-refractivity contribution >= 4 is 134 Å². The average Bonchev–Trinajstić information content (AvgIpc) is 1.64. The molecule has 0 aliphatic carbocycles. The van der Waals surface area contributed by atoms with Crippen molar-refractivity contribution in [3.63, 3.8) is 0 Å². The number of esters is 1. The van der Waals surface area contributed by atoms with Crippen molar-refractivity contribution in [1.82, 2.24) is 91.9 Å². The van der Waals surface area contributed by atoms with Crippen molar-refractivity contribution in [1.29, 1.82) is 0 Å². The van der Waals surface area contributed by atoms with Gasteiger partial charge in [0.1, 0.15) is 59.3 Å². The quantitative estimate of drug-likeness (QED) is 0.00481. The van der Waals surface area contributed by atoms with Crippen LogP contribution >= 0.6 is 87.7 Å². The maximum absolute atomic E-state index is 13.5. The van der Waals surface area contributed by atoms with E-state index in [0.29, 0.717) is 84.9 Å². The Morgan fingerprint density at radius 1 is 0.491 bits per heavy atom. The molecular weight excluding hydrogens is 1860 g/mol. The van der Waals surface area contributed by atoms with Gasteiger partial charge in [0.05, 0.1) is 47.2 Å². The molecule has 0 radical (unpaired) electrons. The Balaban J connectivity index is 0.000000204. The third kappa shape index (κ3) is 22.9. The van der Waals surface area contributed by atoms with E-state index in [1.165, 1.54) is 72.8 Å². The molecule has 4 aromatic carbocycles. The number of Topliss-reactive ketones (excluding diaryl/α,β-unsaturated/α-hetero) is 2. The summed E-state index contributed by atoms with van der Waals surface area (Å²) in [6, 6.07) is 15.9. The fraction of sp³-hybridized carbons (Fsp3) is 0.262. The number of aryl methyl sites for hydroxylation is 4. The summed E-state index contributed by atoms with van der Waals surface area (Å²) < 4.78 is 95.4. The number of hydrogen-bond donors (Lipinski definition) is 8. The number of aliphatic hydroxyl groups excluding tert-OH is 2. The first-order chi connectivity index (χ1) is 52.4. The molecule has 49 heteroatoms. The van der Waals surface area contributed by atoms with E-state index in [1.54, 1.807) is 6.92 Å². The molecule has 11 rings (SSSR count). The van der Waals surface area contributed by atoms with Gasteiger partial charge in [-0.1, -0.05) is 36.1 Å². The second-order valence-electron chi connectivity index (χ2n) is 21.4. The molecule has 0 unspecified atom stereocenters.